The minimum absolute atomic E-state index is 0.305. The fraction of sp³-hybridized carbons (Fsp3) is 0.143. The van der Waals surface area contributed by atoms with Crippen molar-refractivity contribution in [3.63, 3.8) is 0 Å². The molecule has 2 aromatic rings. The minimum Gasteiger partial charge on any atom is -0.497 e. The van der Waals surface area contributed by atoms with E-state index in [2.05, 4.69) is 13.2 Å². The highest BCUT2D eigenvalue weighted by Crippen LogP contribution is 2.39. The van der Waals surface area contributed by atoms with E-state index in [1.807, 2.05) is 19.1 Å². The van der Waals surface area contributed by atoms with Crippen LogP contribution in [0.25, 0.3) is 11.1 Å². The molecule has 0 amide bonds. The molecule has 0 spiro atoms. The van der Waals surface area contributed by atoms with Crippen LogP contribution < -0.4 is 14.2 Å². The first-order chi connectivity index (χ1) is 12.5. The first kappa shape index (κ1) is 19.0. The Bertz CT molecular complexity index is 780. The van der Waals surface area contributed by atoms with Gasteiger partial charge in [0.05, 0.1) is 7.11 Å². The number of carbonyl (C=O) groups excluding carboxylic acids is 2. The molecular formula is C21H20O5. The summed E-state index contributed by atoms with van der Waals surface area (Å²) in [4.78, 5) is 23.4. The van der Waals surface area contributed by atoms with E-state index in [1.54, 1.807) is 24.3 Å². The van der Waals surface area contributed by atoms with E-state index in [4.69, 9.17) is 14.2 Å². The fourth-order valence-electron chi connectivity index (χ4n) is 2.33. The molecule has 0 aliphatic rings. The number of esters is 2. The number of carbonyl (C=O) groups is 2. The molecule has 0 bridgehead atoms. The van der Waals surface area contributed by atoms with Crippen LogP contribution >= 0.6 is 0 Å². The zero-order chi connectivity index (χ0) is 19.1. The van der Waals surface area contributed by atoms with E-state index in [0.29, 0.717) is 28.4 Å². The molecule has 0 saturated carbocycles. The zero-order valence-electron chi connectivity index (χ0n) is 14.8. The Balaban J connectivity index is 2.66. The number of ether oxygens (including phenoxy) is 3. The SMILES string of the molecule is C=CC(=O)Oc1ccc(CC)cc1-c1cc(OC)ccc1OC(=O)C=C. The monoisotopic (exact) mass is 352 g/mol. The predicted molar refractivity (Wildman–Crippen MR) is 99.5 cm³/mol. The Labute approximate surface area is 152 Å². The Hall–Kier alpha value is -3.34. The third kappa shape index (κ3) is 4.39. The van der Waals surface area contributed by atoms with Crippen LogP contribution in [-0.4, -0.2) is 19.0 Å². The summed E-state index contributed by atoms with van der Waals surface area (Å²) in [5.74, 6) is 0.0353. The van der Waals surface area contributed by atoms with Gasteiger partial charge in [-0.1, -0.05) is 26.1 Å². The average Bonchev–Trinajstić information content (AvgIpc) is 2.68. The van der Waals surface area contributed by atoms with Crippen molar-refractivity contribution in [2.75, 3.05) is 7.11 Å². The van der Waals surface area contributed by atoms with Gasteiger partial charge in [0.2, 0.25) is 0 Å². The van der Waals surface area contributed by atoms with Gasteiger partial charge in [0.25, 0.3) is 0 Å². The largest absolute Gasteiger partial charge is 0.497 e. The topological polar surface area (TPSA) is 61.8 Å². The fourth-order valence-corrected chi connectivity index (χ4v) is 2.33. The summed E-state index contributed by atoms with van der Waals surface area (Å²) in [7, 11) is 1.54. The summed E-state index contributed by atoms with van der Waals surface area (Å²) in [6.07, 6.45) is 2.95. The lowest BCUT2D eigenvalue weighted by atomic mass is 9.99. The Kier molecular flexibility index (Phi) is 6.33. The molecular weight excluding hydrogens is 332 g/mol. The van der Waals surface area contributed by atoms with Gasteiger partial charge in [-0.15, -0.1) is 0 Å². The van der Waals surface area contributed by atoms with Gasteiger partial charge >= 0.3 is 11.9 Å². The van der Waals surface area contributed by atoms with Crippen LogP contribution in [-0.2, 0) is 16.0 Å². The predicted octanol–water partition coefficient (Wildman–Crippen LogP) is 4.11. The summed E-state index contributed by atoms with van der Waals surface area (Å²) < 4.78 is 16.0. The van der Waals surface area contributed by atoms with Crippen LogP contribution in [0.5, 0.6) is 17.2 Å². The Morgan fingerprint density at radius 1 is 0.923 bits per heavy atom. The molecule has 0 fully saturated rings. The highest BCUT2D eigenvalue weighted by Gasteiger charge is 2.17. The molecule has 0 aliphatic carbocycles. The molecule has 0 atom stereocenters. The summed E-state index contributed by atoms with van der Waals surface area (Å²) in [5, 5.41) is 0. The zero-order valence-corrected chi connectivity index (χ0v) is 14.8. The van der Waals surface area contributed by atoms with Crippen molar-refractivity contribution in [1.29, 1.82) is 0 Å². The second-order valence-corrected chi connectivity index (χ2v) is 5.30. The van der Waals surface area contributed by atoms with Crippen molar-refractivity contribution in [2.45, 2.75) is 13.3 Å². The number of hydrogen-bond acceptors (Lipinski definition) is 5. The van der Waals surface area contributed by atoms with Crippen LogP contribution in [0.15, 0.2) is 61.7 Å². The van der Waals surface area contributed by atoms with Gasteiger partial charge in [-0.05, 0) is 42.3 Å². The second kappa shape index (κ2) is 8.67. The van der Waals surface area contributed by atoms with E-state index in [9.17, 15) is 9.59 Å². The maximum absolute atomic E-state index is 11.7. The molecule has 0 saturated heterocycles. The third-order valence-corrected chi connectivity index (χ3v) is 3.68. The van der Waals surface area contributed by atoms with Crippen LogP contribution in [0.1, 0.15) is 12.5 Å². The molecule has 0 unspecified atom stereocenters. The summed E-state index contributed by atoms with van der Waals surface area (Å²) >= 11 is 0. The highest BCUT2D eigenvalue weighted by molar-refractivity contribution is 5.89. The number of benzene rings is 2. The Morgan fingerprint density at radius 3 is 1.96 bits per heavy atom. The number of hydrogen-bond donors (Lipinski definition) is 0. The van der Waals surface area contributed by atoms with Crippen molar-refractivity contribution in [2.24, 2.45) is 0 Å². The van der Waals surface area contributed by atoms with Gasteiger partial charge in [0, 0.05) is 23.3 Å². The van der Waals surface area contributed by atoms with Crippen molar-refractivity contribution < 1.29 is 23.8 Å². The van der Waals surface area contributed by atoms with E-state index < -0.39 is 11.9 Å². The van der Waals surface area contributed by atoms with Gasteiger partial charge in [0.1, 0.15) is 17.2 Å². The average molecular weight is 352 g/mol. The molecule has 0 N–H and O–H groups in total. The van der Waals surface area contributed by atoms with Gasteiger partial charge < -0.3 is 14.2 Å². The smallest absolute Gasteiger partial charge is 0.335 e. The Morgan fingerprint density at radius 2 is 1.46 bits per heavy atom. The van der Waals surface area contributed by atoms with Crippen molar-refractivity contribution >= 4 is 11.9 Å². The van der Waals surface area contributed by atoms with E-state index in [-0.39, 0.29) is 0 Å². The van der Waals surface area contributed by atoms with E-state index in [0.717, 1.165) is 24.1 Å². The first-order valence-corrected chi connectivity index (χ1v) is 8.02. The van der Waals surface area contributed by atoms with Crippen molar-refractivity contribution in [3.05, 3.63) is 67.3 Å². The van der Waals surface area contributed by atoms with Crippen LogP contribution in [0, 0.1) is 0 Å². The van der Waals surface area contributed by atoms with Crippen molar-refractivity contribution in [3.8, 4) is 28.4 Å². The van der Waals surface area contributed by atoms with Crippen LogP contribution in [0.2, 0.25) is 0 Å². The van der Waals surface area contributed by atoms with Gasteiger partial charge in [-0.25, -0.2) is 9.59 Å². The molecule has 0 aliphatic heterocycles. The maximum Gasteiger partial charge on any atom is 0.335 e. The molecule has 5 nitrogen and oxygen atoms in total. The van der Waals surface area contributed by atoms with Gasteiger partial charge in [-0.3, -0.25) is 0 Å². The van der Waals surface area contributed by atoms with Crippen molar-refractivity contribution in [1.82, 2.24) is 0 Å². The molecule has 26 heavy (non-hydrogen) atoms. The van der Waals surface area contributed by atoms with Gasteiger partial charge in [0.15, 0.2) is 0 Å². The summed E-state index contributed by atoms with van der Waals surface area (Å²) in [5.41, 5.74) is 2.19. The highest BCUT2D eigenvalue weighted by atomic mass is 16.5. The number of rotatable bonds is 7. The van der Waals surface area contributed by atoms with Crippen LogP contribution in [0.4, 0.5) is 0 Å². The van der Waals surface area contributed by atoms with E-state index >= 15 is 0 Å². The molecule has 5 heteroatoms. The minimum atomic E-state index is -0.590. The molecule has 2 rings (SSSR count). The lowest BCUT2D eigenvalue weighted by Crippen LogP contribution is -2.07. The lowest BCUT2D eigenvalue weighted by Gasteiger charge is -2.15. The first-order valence-electron chi connectivity index (χ1n) is 8.02. The molecule has 2 aromatic carbocycles. The molecule has 0 heterocycles. The maximum atomic E-state index is 11.7. The summed E-state index contributed by atoms with van der Waals surface area (Å²) in [6.45, 7) is 8.83. The third-order valence-electron chi connectivity index (χ3n) is 3.68. The lowest BCUT2D eigenvalue weighted by molar-refractivity contribution is -0.129. The van der Waals surface area contributed by atoms with Crippen LogP contribution in [0.3, 0.4) is 0 Å². The standard InChI is InChI=1S/C21H20O5/c1-5-14-8-10-18(25-20(22)6-2)16(12-14)17-13-15(24-4)9-11-19(17)26-21(23)7-3/h6-13H,2-3,5H2,1,4H3. The summed E-state index contributed by atoms with van der Waals surface area (Å²) in [6, 6.07) is 10.5. The number of methoxy groups -OCH3 is 1. The second-order valence-electron chi connectivity index (χ2n) is 5.30. The normalized spacial score (nSPS) is 9.92. The molecule has 134 valence electrons. The quantitative estimate of drug-likeness (QED) is 0.426. The number of aryl methyl sites for hydroxylation is 1. The van der Waals surface area contributed by atoms with Gasteiger partial charge in [-0.2, -0.15) is 0 Å². The molecule has 0 radical (unpaired) electrons. The molecule has 0 aromatic heterocycles. The van der Waals surface area contributed by atoms with E-state index in [1.165, 1.54) is 7.11 Å².